The zero-order valence-corrected chi connectivity index (χ0v) is 9.92. The lowest BCUT2D eigenvalue weighted by molar-refractivity contribution is 0.507. The highest BCUT2D eigenvalue weighted by molar-refractivity contribution is 5.64. The van der Waals surface area contributed by atoms with Crippen molar-refractivity contribution in [2.24, 2.45) is 11.8 Å². The molecule has 0 N–H and O–H groups in total. The van der Waals surface area contributed by atoms with Gasteiger partial charge in [0.15, 0.2) is 0 Å². The molecule has 1 aromatic rings. The average Bonchev–Trinajstić information content (AvgIpc) is 3.02. The Balaban J connectivity index is 1.86. The molecule has 2 bridgehead atoms. The zero-order valence-electron chi connectivity index (χ0n) is 9.92. The van der Waals surface area contributed by atoms with E-state index in [2.05, 4.69) is 47.9 Å². The standard InChI is InChI=1S/C16H17N/c1-2-9-17-14-6-4-3-5-13(14)15-11-7-8-12(10-11)16(15)17/h2-8,11-12,15-16H,1,9-10H2. The fourth-order valence-corrected chi connectivity index (χ4v) is 4.19. The fourth-order valence-electron chi connectivity index (χ4n) is 4.19. The van der Waals surface area contributed by atoms with Gasteiger partial charge >= 0.3 is 0 Å². The number of rotatable bonds is 2. The summed E-state index contributed by atoms with van der Waals surface area (Å²) in [6, 6.07) is 9.63. The van der Waals surface area contributed by atoms with Crippen LogP contribution in [0.1, 0.15) is 17.9 Å². The van der Waals surface area contributed by atoms with Gasteiger partial charge in [0.1, 0.15) is 0 Å². The highest BCUT2D eigenvalue weighted by Crippen LogP contribution is 2.57. The van der Waals surface area contributed by atoms with Crippen molar-refractivity contribution in [3.63, 3.8) is 0 Å². The number of fused-ring (bicyclic) bond motifs is 7. The van der Waals surface area contributed by atoms with E-state index in [4.69, 9.17) is 0 Å². The molecule has 1 heteroatoms. The number of benzene rings is 1. The Labute approximate surface area is 102 Å². The summed E-state index contributed by atoms with van der Waals surface area (Å²) in [5.41, 5.74) is 3.01. The molecule has 4 unspecified atom stereocenters. The van der Waals surface area contributed by atoms with Crippen molar-refractivity contribution in [2.75, 3.05) is 11.4 Å². The molecular weight excluding hydrogens is 206 g/mol. The summed E-state index contributed by atoms with van der Waals surface area (Å²) in [6.07, 6.45) is 8.28. The van der Waals surface area contributed by atoms with Crippen molar-refractivity contribution in [1.82, 2.24) is 0 Å². The molecule has 4 atom stereocenters. The predicted molar refractivity (Wildman–Crippen MR) is 71.3 cm³/mol. The van der Waals surface area contributed by atoms with Gasteiger partial charge in [-0.15, -0.1) is 6.58 Å². The quantitative estimate of drug-likeness (QED) is 0.695. The summed E-state index contributed by atoms with van der Waals surface area (Å²) in [5.74, 6) is 2.28. The van der Waals surface area contributed by atoms with E-state index < -0.39 is 0 Å². The van der Waals surface area contributed by atoms with Crippen LogP contribution in [0.3, 0.4) is 0 Å². The molecule has 1 heterocycles. The zero-order chi connectivity index (χ0) is 11.4. The topological polar surface area (TPSA) is 3.24 Å². The molecule has 17 heavy (non-hydrogen) atoms. The minimum absolute atomic E-state index is 0.695. The Morgan fingerprint density at radius 2 is 2.06 bits per heavy atom. The Morgan fingerprint density at radius 3 is 2.94 bits per heavy atom. The molecule has 1 aliphatic heterocycles. The van der Waals surface area contributed by atoms with E-state index in [0.29, 0.717) is 6.04 Å². The molecule has 4 rings (SSSR count). The van der Waals surface area contributed by atoms with E-state index >= 15 is 0 Å². The second kappa shape index (κ2) is 3.25. The predicted octanol–water partition coefficient (Wildman–Crippen LogP) is 3.35. The number of para-hydroxylation sites is 1. The minimum Gasteiger partial charge on any atom is -0.363 e. The van der Waals surface area contributed by atoms with Gasteiger partial charge in [-0.2, -0.15) is 0 Å². The number of anilines is 1. The largest absolute Gasteiger partial charge is 0.363 e. The molecule has 3 aliphatic rings. The van der Waals surface area contributed by atoms with E-state index in [1.807, 2.05) is 6.08 Å². The lowest BCUT2D eigenvalue weighted by Gasteiger charge is -2.30. The second-order valence-electron chi connectivity index (χ2n) is 5.46. The van der Waals surface area contributed by atoms with Gasteiger partial charge in [0.25, 0.3) is 0 Å². The highest BCUT2D eigenvalue weighted by Gasteiger charge is 2.52. The SMILES string of the molecule is C=CCN1c2ccccc2C2C3C=CC(C3)C21. The Kier molecular flexibility index (Phi) is 1.82. The second-order valence-corrected chi connectivity index (χ2v) is 5.46. The first-order valence-electron chi connectivity index (χ1n) is 6.55. The highest BCUT2D eigenvalue weighted by atomic mass is 15.2. The van der Waals surface area contributed by atoms with Gasteiger partial charge < -0.3 is 4.90 Å². The van der Waals surface area contributed by atoms with Gasteiger partial charge in [0.05, 0.1) is 0 Å². The maximum Gasteiger partial charge on any atom is 0.0431 e. The molecule has 0 aromatic heterocycles. The van der Waals surface area contributed by atoms with Crippen LogP contribution in [-0.4, -0.2) is 12.6 Å². The van der Waals surface area contributed by atoms with E-state index in [0.717, 1.165) is 24.3 Å². The molecule has 1 aromatic carbocycles. The smallest absolute Gasteiger partial charge is 0.0431 e. The fraction of sp³-hybridized carbons (Fsp3) is 0.375. The first kappa shape index (κ1) is 9.52. The molecule has 0 amide bonds. The van der Waals surface area contributed by atoms with Crippen LogP contribution in [0.25, 0.3) is 0 Å². The van der Waals surface area contributed by atoms with Crippen molar-refractivity contribution in [3.8, 4) is 0 Å². The van der Waals surface area contributed by atoms with Crippen molar-refractivity contribution >= 4 is 5.69 Å². The third kappa shape index (κ3) is 1.09. The summed E-state index contributed by atoms with van der Waals surface area (Å²) >= 11 is 0. The molecule has 0 spiro atoms. The van der Waals surface area contributed by atoms with E-state index in [9.17, 15) is 0 Å². The third-order valence-electron chi connectivity index (χ3n) is 4.71. The van der Waals surface area contributed by atoms with Gasteiger partial charge in [0, 0.05) is 24.2 Å². The molecule has 1 saturated carbocycles. The number of allylic oxidation sites excluding steroid dienone is 1. The van der Waals surface area contributed by atoms with Gasteiger partial charge in [-0.05, 0) is 29.9 Å². The van der Waals surface area contributed by atoms with Crippen LogP contribution < -0.4 is 4.90 Å². The lowest BCUT2D eigenvalue weighted by atomic mass is 9.86. The molecular formula is C16H17N. The first-order chi connectivity index (χ1) is 8.40. The minimum atomic E-state index is 0.695. The first-order valence-corrected chi connectivity index (χ1v) is 6.55. The van der Waals surface area contributed by atoms with Crippen LogP contribution in [0.4, 0.5) is 5.69 Å². The third-order valence-corrected chi connectivity index (χ3v) is 4.71. The summed E-state index contributed by atoms with van der Waals surface area (Å²) in [7, 11) is 0. The number of hydrogen-bond acceptors (Lipinski definition) is 1. The van der Waals surface area contributed by atoms with Crippen molar-refractivity contribution < 1.29 is 0 Å². The van der Waals surface area contributed by atoms with Crippen LogP contribution in [0.15, 0.2) is 49.1 Å². The van der Waals surface area contributed by atoms with Crippen molar-refractivity contribution in [1.29, 1.82) is 0 Å². The lowest BCUT2D eigenvalue weighted by Crippen LogP contribution is -2.37. The normalized spacial score (nSPS) is 36.1. The van der Waals surface area contributed by atoms with Crippen LogP contribution in [0.5, 0.6) is 0 Å². The molecule has 86 valence electrons. The molecule has 0 radical (unpaired) electrons. The van der Waals surface area contributed by atoms with Gasteiger partial charge in [-0.3, -0.25) is 0 Å². The van der Waals surface area contributed by atoms with E-state index in [-0.39, 0.29) is 0 Å². The Morgan fingerprint density at radius 1 is 1.24 bits per heavy atom. The van der Waals surface area contributed by atoms with Gasteiger partial charge in [-0.25, -0.2) is 0 Å². The maximum absolute atomic E-state index is 3.91. The average molecular weight is 223 g/mol. The summed E-state index contributed by atoms with van der Waals surface area (Å²) in [5, 5.41) is 0. The Bertz CT molecular complexity index is 502. The summed E-state index contributed by atoms with van der Waals surface area (Å²) in [6.45, 7) is 4.90. The van der Waals surface area contributed by atoms with Crippen molar-refractivity contribution in [2.45, 2.75) is 18.4 Å². The van der Waals surface area contributed by atoms with Crippen LogP contribution in [0.2, 0.25) is 0 Å². The number of hydrogen-bond donors (Lipinski definition) is 0. The molecule has 2 aliphatic carbocycles. The van der Waals surface area contributed by atoms with Crippen LogP contribution in [-0.2, 0) is 0 Å². The number of nitrogens with zero attached hydrogens (tertiary/aromatic N) is 1. The molecule has 1 nitrogen and oxygen atoms in total. The molecule has 0 saturated heterocycles. The van der Waals surface area contributed by atoms with Gasteiger partial charge in [0.2, 0.25) is 0 Å². The maximum atomic E-state index is 3.91. The molecule has 1 fully saturated rings. The van der Waals surface area contributed by atoms with Crippen LogP contribution >= 0.6 is 0 Å². The monoisotopic (exact) mass is 223 g/mol. The van der Waals surface area contributed by atoms with E-state index in [1.165, 1.54) is 12.1 Å². The Hall–Kier alpha value is -1.50. The van der Waals surface area contributed by atoms with Gasteiger partial charge in [-0.1, -0.05) is 36.4 Å². The summed E-state index contributed by atoms with van der Waals surface area (Å²) in [4.78, 5) is 2.57. The summed E-state index contributed by atoms with van der Waals surface area (Å²) < 4.78 is 0. The van der Waals surface area contributed by atoms with Crippen LogP contribution in [0, 0.1) is 11.8 Å². The van der Waals surface area contributed by atoms with E-state index in [1.54, 1.807) is 5.56 Å². The van der Waals surface area contributed by atoms with Crippen molar-refractivity contribution in [3.05, 3.63) is 54.6 Å².